The molecule has 4 nitrogen and oxygen atoms in total. The van der Waals surface area contributed by atoms with Gasteiger partial charge in [0.15, 0.2) is 0 Å². The number of aliphatic hydroxyl groups is 2. The van der Waals surface area contributed by atoms with E-state index in [1.165, 1.54) is 43.3 Å². The maximum Gasteiger partial charge on any atom is 0.213 e. The zero-order valence-corrected chi connectivity index (χ0v) is 22.5. The van der Waals surface area contributed by atoms with Gasteiger partial charge in [0.1, 0.15) is 6.54 Å². The van der Waals surface area contributed by atoms with E-state index in [-0.39, 0.29) is 13.2 Å². The number of aryl methyl sites for hydroxylation is 1. The smallest absolute Gasteiger partial charge is 0.213 e. The van der Waals surface area contributed by atoms with Crippen molar-refractivity contribution in [1.82, 2.24) is 0 Å². The third-order valence-corrected chi connectivity index (χ3v) is 8.02. The molecule has 5 heteroatoms. The van der Waals surface area contributed by atoms with Crippen molar-refractivity contribution in [2.24, 2.45) is 0 Å². The molecule has 0 amide bonds. The molecule has 0 saturated carbocycles. The fourth-order valence-corrected chi connectivity index (χ4v) is 6.12. The van der Waals surface area contributed by atoms with Gasteiger partial charge in [-0.05, 0) is 61.2 Å². The SMILES string of the molecule is OCCCCN1C(=CC=Cc2cc(-c3ccccc3)[n+](CCCCO)c3ccccc23)Sc2ccccc21. The molecule has 1 aromatic heterocycles. The highest BCUT2D eigenvalue weighted by molar-refractivity contribution is 8.03. The van der Waals surface area contributed by atoms with Crippen molar-refractivity contribution in [2.75, 3.05) is 24.7 Å². The molecule has 3 aromatic carbocycles. The summed E-state index contributed by atoms with van der Waals surface area (Å²) < 4.78 is 2.39. The molecule has 0 fully saturated rings. The first-order chi connectivity index (χ1) is 18.8. The molecule has 2 heterocycles. The third kappa shape index (κ3) is 5.86. The van der Waals surface area contributed by atoms with E-state index < -0.39 is 0 Å². The number of benzene rings is 3. The molecule has 0 saturated heterocycles. The Morgan fingerprint density at radius 1 is 0.789 bits per heavy atom. The van der Waals surface area contributed by atoms with Gasteiger partial charge in [-0.3, -0.25) is 0 Å². The van der Waals surface area contributed by atoms with Gasteiger partial charge in [-0.25, -0.2) is 0 Å². The second-order valence-electron chi connectivity index (χ2n) is 9.47. The molecular weight excluding hydrogens is 488 g/mol. The number of aliphatic hydroxyl groups excluding tert-OH is 2. The van der Waals surface area contributed by atoms with Gasteiger partial charge < -0.3 is 15.1 Å². The number of thioether (sulfide) groups is 1. The predicted octanol–water partition coefficient (Wildman–Crippen LogP) is 6.81. The normalized spacial score (nSPS) is 14.2. The first-order valence-corrected chi connectivity index (χ1v) is 14.3. The monoisotopic (exact) mass is 523 g/mol. The lowest BCUT2D eigenvalue weighted by Gasteiger charge is -2.20. The summed E-state index contributed by atoms with van der Waals surface area (Å²) in [5.74, 6) is 0. The molecule has 0 bridgehead atoms. The number of hydrogen-bond acceptors (Lipinski definition) is 4. The number of pyridine rings is 1. The maximum atomic E-state index is 9.37. The summed E-state index contributed by atoms with van der Waals surface area (Å²) in [6.07, 6.45) is 10.1. The summed E-state index contributed by atoms with van der Waals surface area (Å²) in [4.78, 5) is 3.64. The van der Waals surface area contributed by atoms with Gasteiger partial charge in [0.05, 0.1) is 16.1 Å². The van der Waals surface area contributed by atoms with E-state index in [4.69, 9.17) is 0 Å². The third-order valence-electron chi connectivity index (χ3n) is 6.89. The van der Waals surface area contributed by atoms with Crippen LogP contribution in [0.1, 0.15) is 31.2 Å². The molecule has 2 N–H and O–H groups in total. The minimum Gasteiger partial charge on any atom is -0.396 e. The van der Waals surface area contributed by atoms with Gasteiger partial charge in [0.25, 0.3) is 0 Å². The van der Waals surface area contributed by atoms with E-state index in [2.05, 4.69) is 113 Å². The number of unbranched alkanes of at least 4 members (excludes halogenated alkanes) is 2. The molecule has 0 aliphatic carbocycles. The first-order valence-electron chi connectivity index (χ1n) is 13.5. The van der Waals surface area contributed by atoms with Crippen LogP contribution in [0, 0.1) is 0 Å². The summed E-state index contributed by atoms with van der Waals surface area (Å²) in [6.45, 7) is 2.20. The van der Waals surface area contributed by atoms with Crippen molar-refractivity contribution >= 4 is 34.4 Å². The quantitative estimate of drug-likeness (QED) is 0.168. The largest absolute Gasteiger partial charge is 0.396 e. The number of nitrogens with zero attached hydrogens (tertiary/aromatic N) is 2. The molecule has 1 aliphatic rings. The highest BCUT2D eigenvalue weighted by atomic mass is 32.2. The van der Waals surface area contributed by atoms with E-state index >= 15 is 0 Å². The van der Waals surface area contributed by atoms with Crippen LogP contribution in [0.5, 0.6) is 0 Å². The van der Waals surface area contributed by atoms with E-state index in [9.17, 15) is 10.2 Å². The van der Waals surface area contributed by atoms with Crippen LogP contribution in [0.15, 0.2) is 107 Å². The Labute approximate surface area is 229 Å². The molecule has 194 valence electrons. The van der Waals surface area contributed by atoms with Crippen LogP contribution in [-0.2, 0) is 6.54 Å². The average molecular weight is 524 g/mol. The van der Waals surface area contributed by atoms with E-state index in [1.807, 2.05) is 0 Å². The highest BCUT2D eigenvalue weighted by Gasteiger charge is 2.24. The minimum absolute atomic E-state index is 0.216. The lowest BCUT2D eigenvalue weighted by Crippen LogP contribution is -2.37. The van der Waals surface area contributed by atoms with Gasteiger partial charge in [0.2, 0.25) is 11.2 Å². The van der Waals surface area contributed by atoms with E-state index in [0.717, 1.165) is 38.8 Å². The predicted molar refractivity (Wildman–Crippen MR) is 159 cm³/mol. The lowest BCUT2D eigenvalue weighted by molar-refractivity contribution is -0.661. The lowest BCUT2D eigenvalue weighted by atomic mass is 10.0. The maximum absolute atomic E-state index is 9.37. The zero-order valence-electron chi connectivity index (χ0n) is 21.7. The Kier molecular flexibility index (Phi) is 8.92. The number of rotatable bonds is 11. The van der Waals surface area contributed by atoms with Crippen molar-refractivity contribution in [3.63, 3.8) is 0 Å². The molecule has 0 radical (unpaired) electrons. The second-order valence-corrected chi connectivity index (χ2v) is 10.5. The first kappa shape index (κ1) is 26.2. The number of fused-ring (bicyclic) bond motifs is 2. The molecule has 4 aromatic rings. The summed E-state index contributed by atoms with van der Waals surface area (Å²) in [7, 11) is 0. The second kappa shape index (κ2) is 12.9. The van der Waals surface area contributed by atoms with Crippen LogP contribution < -0.4 is 9.47 Å². The molecule has 1 aliphatic heterocycles. The van der Waals surface area contributed by atoms with Gasteiger partial charge >= 0.3 is 0 Å². The van der Waals surface area contributed by atoms with Crippen molar-refractivity contribution in [3.8, 4) is 11.3 Å². The highest BCUT2D eigenvalue weighted by Crippen LogP contribution is 2.45. The number of hydrogen-bond donors (Lipinski definition) is 2. The Morgan fingerprint density at radius 3 is 2.37 bits per heavy atom. The van der Waals surface area contributed by atoms with Crippen molar-refractivity contribution in [1.29, 1.82) is 0 Å². The summed E-state index contributed by atoms with van der Waals surface area (Å²) in [6, 6.07) is 30.0. The minimum atomic E-state index is 0.216. The van der Waals surface area contributed by atoms with Gasteiger partial charge in [0, 0.05) is 48.8 Å². The number of allylic oxidation sites excluding steroid dienone is 2. The Bertz CT molecular complexity index is 1430. The fraction of sp³-hybridized carbons (Fsp3) is 0.242. The van der Waals surface area contributed by atoms with Crippen molar-refractivity contribution in [3.05, 3.63) is 108 Å². The van der Waals surface area contributed by atoms with Crippen LogP contribution in [0.2, 0.25) is 0 Å². The van der Waals surface area contributed by atoms with Gasteiger partial charge in [-0.15, -0.1) is 0 Å². The number of aromatic nitrogens is 1. The molecule has 0 spiro atoms. The molecule has 5 rings (SSSR count). The number of anilines is 1. The van der Waals surface area contributed by atoms with Crippen LogP contribution in [0.25, 0.3) is 28.2 Å². The van der Waals surface area contributed by atoms with Crippen molar-refractivity contribution < 1.29 is 14.8 Å². The Morgan fingerprint density at radius 2 is 1.53 bits per heavy atom. The molecular formula is C33H35N2O2S+. The van der Waals surface area contributed by atoms with Crippen molar-refractivity contribution in [2.45, 2.75) is 37.1 Å². The van der Waals surface area contributed by atoms with E-state index in [1.54, 1.807) is 11.8 Å². The van der Waals surface area contributed by atoms with Crippen LogP contribution in [0.3, 0.4) is 0 Å². The molecule has 0 unspecified atom stereocenters. The topological polar surface area (TPSA) is 47.6 Å². The van der Waals surface area contributed by atoms with Gasteiger partial charge in [-0.1, -0.05) is 66.4 Å². The summed E-state index contributed by atoms with van der Waals surface area (Å²) >= 11 is 1.80. The fourth-order valence-electron chi connectivity index (χ4n) is 5.02. The van der Waals surface area contributed by atoms with E-state index in [0.29, 0.717) is 0 Å². The standard InChI is InChI=1S/C33H35N2O2S/c36-23-10-8-21-34-29-17-5-4-16-28(29)27(25-31(34)26-13-2-1-3-14-26)15-12-20-33-35(22-9-11-24-37)30-18-6-7-19-32(30)38-33/h1-7,12-20,25,36-37H,8-11,21-24H2/q+1. The van der Waals surface area contributed by atoms with Crippen LogP contribution >= 0.6 is 11.8 Å². The molecule has 38 heavy (non-hydrogen) atoms. The van der Waals surface area contributed by atoms with Gasteiger partial charge in [-0.2, -0.15) is 4.57 Å². The summed E-state index contributed by atoms with van der Waals surface area (Å²) in [5.41, 5.74) is 6.00. The number of para-hydroxylation sites is 2. The van der Waals surface area contributed by atoms with Crippen LogP contribution in [-0.4, -0.2) is 30.0 Å². The zero-order chi connectivity index (χ0) is 26.2. The Balaban J connectivity index is 1.52. The molecule has 0 atom stereocenters. The Hall–Kier alpha value is -3.38. The average Bonchev–Trinajstić information content (AvgIpc) is 3.31. The summed E-state index contributed by atoms with van der Waals surface area (Å²) in [5, 5.41) is 21.1. The van der Waals surface area contributed by atoms with Crippen LogP contribution in [0.4, 0.5) is 5.69 Å².